The summed E-state index contributed by atoms with van der Waals surface area (Å²) in [5.74, 6) is 2.64. The van der Waals surface area contributed by atoms with Gasteiger partial charge in [-0.2, -0.15) is 0 Å². The first-order valence-corrected chi connectivity index (χ1v) is 6.66. The van der Waals surface area contributed by atoms with Crippen LogP contribution in [0, 0.1) is 11.8 Å². The van der Waals surface area contributed by atoms with Crippen molar-refractivity contribution in [2.24, 2.45) is 11.8 Å². The zero-order valence-electron chi connectivity index (χ0n) is 9.87. The van der Waals surface area contributed by atoms with E-state index in [1.165, 1.54) is 19.3 Å². The van der Waals surface area contributed by atoms with Gasteiger partial charge in [-0.05, 0) is 43.2 Å². The first-order valence-electron chi connectivity index (χ1n) is 6.66. The smallest absolute Gasteiger partial charge is 0.403 e. The third kappa shape index (κ3) is 1.08. The lowest BCUT2D eigenvalue weighted by Crippen LogP contribution is -2.41. The number of ether oxygens (including phenoxy) is 4. The second-order valence-corrected chi connectivity index (χ2v) is 5.65. The van der Waals surface area contributed by atoms with Crippen molar-refractivity contribution in [3.8, 4) is 11.5 Å². The molecule has 0 N–H and O–H groups in total. The van der Waals surface area contributed by atoms with E-state index in [1.54, 1.807) is 0 Å². The molecule has 18 heavy (non-hydrogen) atoms. The molecule has 1 aromatic carbocycles. The van der Waals surface area contributed by atoms with Gasteiger partial charge in [0.05, 0.1) is 12.2 Å². The highest BCUT2D eigenvalue weighted by molar-refractivity contribution is 5.42. The van der Waals surface area contributed by atoms with Gasteiger partial charge in [-0.1, -0.05) is 12.1 Å². The van der Waals surface area contributed by atoms with Gasteiger partial charge in [0, 0.05) is 0 Å². The Morgan fingerprint density at radius 2 is 1.44 bits per heavy atom. The predicted molar refractivity (Wildman–Crippen MR) is 61.0 cm³/mol. The Morgan fingerprint density at radius 3 is 2.00 bits per heavy atom. The molecule has 2 aliphatic carbocycles. The zero-order valence-corrected chi connectivity index (χ0v) is 9.87. The van der Waals surface area contributed by atoms with Crippen molar-refractivity contribution < 1.29 is 18.9 Å². The van der Waals surface area contributed by atoms with Crippen LogP contribution < -0.4 is 9.47 Å². The van der Waals surface area contributed by atoms with E-state index in [1.807, 2.05) is 24.3 Å². The van der Waals surface area contributed by atoms with Gasteiger partial charge in [-0.25, -0.2) is 0 Å². The standard InChI is InChI=1S/C14H14O4/c1-2-4-11-10(3-1)15-14(16-11)17-12-8-5-6-9(7-8)13(12)18-14/h1-4,8-9,12-13H,5-7H2. The molecule has 1 spiro atoms. The summed E-state index contributed by atoms with van der Waals surface area (Å²) in [4.78, 5) is 0. The van der Waals surface area contributed by atoms with Crippen molar-refractivity contribution in [1.82, 2.24) is 0 Å². The fraction of sp³-hybridized carbons (Fsp3) is 0.571. The highest BCUT2D eigenvalue weighted by Gasteiger charge is 2.64. The number of hydrogen-bond acceptors (Lipinski definition) is 4. The Hall–Kier alpha value is -1.26. The van der Waals surface area contributed by atoms with Gasteiger partial charge < -0.3 is 9.47 Å². The van der Waals surface area contributed by atoms with Gasteiger partial charge in [0.15, 0.2) is 11.5 Å². The molecule has 4 unspecified atom stereocenters. The Morgan fingerprint density at radius 1 is 0.889 bits per heavy atom. The molecule has 0 aromatic heterocycles. The highest BCUT2D eigenvalue weighted by atomic mass is 17.1. The second kappa shape index (κ2) is 3.00. The van der Waals surface area contributed by atoms with Crippen LogP contribution in [0.3, 0.4) is 0 Å². The van der Waals surface area contributed by atoms with Gasteiger partial charge in [0.1, 0.15) is 0 Å². The van der Waals surface area contributed by atoms with Crippen LogP contribution in [0.25, 0.3) is 0 Å². The summed E-state index contributed by atoms with van der Waals surface area (Å²) < 4.78 is 23.5. The maximum atomic E-state index is 5.98. The van der Waals surface area contributed by atoms with Gasteiger partial charge in [0.2, 0.25) is 0 Å². The Kier molecular flexibility index (Phi) is 1.61. The molecule has 2 saturated carbocycles. The summed E-state index contributed by atoms with van der Waals surface area (Å²) in [6, 6.07) is 7.58. The van der Waals surface area contributed by atoms with Crippen molar-refractivity contribution in [2.75, 3.05) is 0 Å². The molecular formula is C14H14O4. The molecule has 2 heterocycles. The molecule has 1 aromatic rings. The van der Waals surface area contributed by atoms with E-state index in [-0.39, 0.29) is 12.2 Å². The zero-order chi connectivity index (χ0) is 11.7. The van der Waals surface area contributed by atoms with E-state index in [2.05, 4.69) is 0 Å². The molecule has 5 rings (SSSR count). The lowest BCUT2D eigenvalue weighted by molar-refractivity contribution is -0.392. The van der Waals surface area contributed by atoms with E-state index in [0.717, 1.165) is 0 Å². The average Bonchev–Trinajstić information content (AvgIpc) is 3.08. The van der Waals surface area contributed by atoms with E-state index in [4.69, 9.17) is 18.9 Å². The lowest BCUT2D eigenvalue weighted by atomic mass is 9.95. The van der Waals surface area contributed by atoms with Crippen LogP contribution in [-0.4, -0.2) is 18.4 Å². The molecule has 4 aliphatic rings. The first kappa shape index (κ1) is 9.64. The van der Waals surface area contributed by atoms with Gasteiger partial charge >= 0.3 is 6.16 Å². The fourth-order valence-corrected chi connectivity index (χ4v) is 3.88. The van der Waals surface area contributed by atoms with Crippen molar-refractivity contribution in [3.05, 3.63) is 24.3 Å². The normalized spacial score (nSPS) is 41.6. The summed E-state index contributed by atoms with van der Waals surface area (Å²) in [5, 5.41) is 0. The minimum absolute atomic E-state index is 0.151. The van der Waals surface area contributed by atoms with E-state index >= 15 is 0 Å². The van der Waals surface area contributed by atoms with Crippen LogP contribution in [0.15, 0.2) is 24.3 Å². The van der Waals surface area contributed by atoms with Crippen LogP contribution >= 0.6 is 0 Å². The van der Waals surface area contributed by atoms with Gasteiger partial charge in [-0.3, -0.25) is 9.47 Å². The number of fused-ring (bicyclic) bond motifs is 6. The fourth-order valence-electron chi connectivity index (χ4n) is 3.88. The lowest BCUT2D eigenvalue weighted by Gasteiger charge is -2.21. The monoisotopic (exact) mass is 246 g/mol. The minimum atomic E-state index is -1.31. The van der Waals surface area contributed by atoms with Crippen LogP contribution in [0.2, 0.25) is 0 Å². The average molecular weight is 246 g/mol. The molecule has 2 aliphatic heterocycles. The summed E-state index contributed by atoms with van der Waals surface area (Å²) in [6.07, 6.45) is 2.73. The molecule has 0 radical (unpaired) electrons. The number of para-hydroxylation sites is 2. The number of hydrogen-bond donors (Lipinski definition) is 0. The Labute approximate surface area is 105 Å². The van der Waals surface area contributed by atoms with Crippen molar-refractivity contribution in [1.29, 1.82) is 0 Å². The van der Waals surface area contributed by atoms with E-state index in [0.29, 0.717) is 23.3 Å². The van der Waals surface area contributed by atoms with Crippen molar-refractivity contribution in [3.63, 3.8) is 0 Å². The largest absolute Gasteiger partial charge is 0.511 e. The van der Waals surface area contributed by atoms with Gasteiger partial charge in [-0.15, -0.1) is 0 Å². The number of benzene rings is 1. The topological polar surface area (TPSA) is 36.9 Å². The minimum Gasteiger partial charge on any atom is -0.403 e. The number of rotatable bonds is 0. The summed E-state index contributed by atoms with van der Waals surface area (Å²) in [6.45, 7) is 0. The second-order valence-electron chi connectivity index (χ2n) is 5.65. The van der Waals surface area contributed by atoms with Crippen LogP contribution in [-0.2, 0) is 9.47 Å². The van der Waals surface area contributed by atoms with Crippen LogP contribution in [0.1, 0.15) is 19.3 Å². The summed E-state index contributed by atoms with van der Waals surface area (Å²) in [5.41, 5.74) is 0. The van der Waals surface area contributed by atoms with Crippen LogP contribution in [0.5, 0.6) is 11.5 Å². The van der Waals surface area contributed by atoms with Gasteiger partial charge in [0.25, 0.3) is 0 Å². The predicted octanol–water partition coefficient (Wildman–Crippen LogP) is 2.28. The molecular weight excluding hydrogens is 232 g/mol. The third-order valence-electron chi connectivity index (χ3n) is 4.65. The summed E-state index contributed by atoms with van der Waals surface area (Å²) >= 11 is 0. The first-order chi connectivity index (χ1) is 8.83. The maximum absolute atomic E-state index is 5.98. The highest BCUT2D eigenvalue weighted by Crippen LogP contribution is 2.55. The molecule has 3 fully saturated rings. The Bertz CT molecular complexity index is 469. The Balaban J connectivity index is 1.48. The SMILES string of the molecule is c1ccc2c(c1)OC1(O2)OC2C3CCC(C3)C2O1. The van der Waals surface area contributed by atoms with Crippen LogP contribution in [0.4, 0.5) is 0 Å². The van der Waals surface area contributed by atoms with Crippen molar-refractivity contribution in [2.45, 2.75) is 37.6 Å². The third-order valence-corrected chi connectivity index (χ3v) is 4.65. The quantitative estimate of drug-likeness (QED) is 0.703. The molecule has 4 atom stereocenters. The van der Waals surface area contributed by atoms with E-state index in [9.17, 15) is 0 Å². The molecule has 4 nitrogen and oxygen atoms in total. The molecule has 4 heteroatoms. The van der Waals surface area contributed by atoms with Crippen molar-refractivity contribution >= 4 is 0 Å². The molecule has 94 valence electrons. The summed E-state index contributed by atoms with van der Waals surface area (Å²) in [7, 11) is 0. The molecule has 2 bridgehead atoms. The maximum Gasteiger partial charge on any atom is 0.511 e. The molecule has 0 amide bonds. The molecule has 1 saturated heterocycles. The van der Waals surface area contributed by atoms with E-state index < -0.39 is 6.16 Å².